The summed E-state index contributed by atoms with van der Waals surface area (Å²) in [4.78, 5) is 11.8. The third-order valence-electron chi connectivity index (χ3n) is 2.75. The van der Waals surface area contributed by atoms with Gasteiger partial charge in [-0.15, -0.1) is 0 Å². The summed E-state index contributed by atoms with van der Waals surface area (Å²) in [6, 6.07) is 7.28. The molecule has 2 aromatic rings. The molecule has 1 N–H and O–H groups in total. The minimum atomic E-state index is -0.322. The highest BCUT2D eigenvalue weighted by atomic mass is 16.5. The van der Waals surface area contributed by atoms with Gasteiger partial charge >= 0.3 is 5.97 Å². The molecule has 1 heterocycles. The molecule has 0 aliphatic heterocycles. The summed E-state index contributed by atoms with van der Waals surface area (Å²) in [6.07, 6.45) is 5.24. The minimum Gasteiger partial charge on any atom is -0.462 e. The molecule has 0 unspecified atom stereocenters. The van der Waals surface area contributed by atoms with Crippen LogP contribution >= 0.6 is 0 Å². The van der Waals surface area contributed by atoms with Crippen LogP contribution in [-0.4, -0.2) is 22.4 Å². The molecule has 2 rings (SSSR count). The van der Waals surface area contributed by atoms with E-state index in [-0.39, 0.29) is 5.97 Å². The third-order valence-corrected chi connectivity index (χ3v) is 2.75. The number of hydrogen-bond donors (Lipinski definition) is 1. The summed E-state index contributed by atoms with van der Waals surface area (Å²) in [5, 5.41) is 7.32. The summed E-state index contributed by atoms with van der Waals surface area (Å²) in [5.41, 5.74) is 2.28. The number of carbonyl (C=O) groups is 1. The van der Waals surface area contributed by atoms with Crippen molar-refractivity contribution in [3.05, 3.63) is 54.4 Å². The van der Waals surface area contributed by atoms with Crippen LogP contribution in [0.2, 0.25) is 0 Å². The zero-order chi connectivity index (χ0) is 14.4. The molecule has 20 heavy (non-hydrogen) atoms. The lowest BCUT2D eigenvalue weighted by atomic mass is 10.1. The average molecular weight is 271 g/mol. The van der Waals surface area contributed by atoms with Crippen molar-refractivity contribution in [1.82, 2.24) is 9.78 Å². The van der Waals surface area contributed by atoms with E-state index in [1.165, 1.54) is 0 Å². The second kappa shape index (κ2) is 6.56. The third kappa shape index (κ3) is 3.26. The van der Waals surface area contributed by atoms with Gasteiger partial charge in [-0.1, -0.05) is 18.7 Å². The van der Waals surface area contributed by atoms with Crippen LogP contribution in [0.3, 0.4) is 0 Å². The first-order chi connectivity index (χ1) is 9.74. The standard InChI is InChI=1S/C15H17N3O2/c1-3-18-11-12(10-17-18)9-16-14-8-6-5-7-13(14)15(19)20-4-2/h3,5-8,10-11,16H,1,4,9H2,2H3. The van der Waals surface area contributed by atoms with Gasteiger partial charge in [0.1, 0.15) is 0 Å². The van der Waals surface area contributed by atoms with Gasteiger partial charge in [0.15, 0.2) is 0 Å². The topological polar surface area (TPSA) is 56.2 Å². The van der Waals surface area contributed by atoms with E-state index in [9.17, 15) is 4.79 Å². The van der Waals surface area contributed by atoms with Crippen LogP contribution in [0.1, 0.15) is 22.8 Å². The number of rotatable bonds is 6. The SMILES string of the molecule is C=Cn1cc(CNc2ccccc2C(=O)OCC)cn1. The highest BCUT2D eigenvalue weighted by Crippen LogP contribution is 2.17. The second-order valence-corrected chi connectivity index (χ2v) is 4.13. The first-order valence-corrected chi connectivity index (χ1v) is 6.40. The van der Waals surface area contributed by atoms with Crippen molar-refractivity contribution >= 4 is 17.9 Å². The Bertz CT molecular complexity index is 605. The molecule has 5 nitrogen and oxygen atoms in total. The summed E-state index contributed by atoms with van der Waals surface area (Å²) < 4.78 is 6.67. The van der Waals surface area contributed by atoms with Gasteiger partial charge in [-0.05, 0) is 19.1 Å². The molecule has 0 aliphatic rings. The van der Waals surface area contributed by atoms with Crippen molar-refractivity contribution in [1.29, 1.82) is 0 Å². The van der Waals surface area contributed by atoms with Gasteiger partial charge < -0.3 is 10.1 Å². The molecule has 0 saturated carbocycles. The molecule has 0 saturated heterocycles. The van der Waals surface area contributed by atoms with Gasteiger partial charge in [0, 0.05) is 30.2 Å². The maximum absolute atomic E-state index is 11.8. The van der Waals surface area contributed by atoms with Crippen LogP contribution in [0.5, 0.6) is 0 Å². The highest BCUT2D eigenvalue weighted by molar-refractivity contribution is 5.95. The smallest absolute Gasteiger partial charge is 0.340 e. The minimum absolute atomic E-state index is 0.322. The Morgan fingerprint density at radius 2 is 2.30 bits per heavy atom. The Kier molecular flexibility index (Phi) is 4.55. The number of para-hydroxylation sites is 1. The number of benzene rings is 1. The maximum atomic E-state index is 11.8. The van der Waals surface area contributed by atoms with Crippen molar-refractivity contribution < 1.29 is 9.53 Å². The van der Waals surface area contributed by atoms with Gasteiger partial charge in [0.05, 0.1) is 18.4 Å². The molecular weight excluding hydrogens is 254 g/mol. The van der Waals surface area contributed by atoms with Crippen LogP contribution in [0.15, 0.2) is 43.2 Å². The Hall–Kier alpha value is -2.56. The Labute approximate surface area is 117 Å². The second-order valence-electron chi connectivity index (χ2n) is 4.13. The normalized spacial score (nSPS) is 10.1. The molecule has 0 bridgehead atoms. The average Bonchev–Trinajstić information content (AvgIpc) is 2.93. The van der Waals surface area contributed by atoms with E-state index in [1.807, 2.05) is 24.4 Å². The number of nitrogens with zero attached hydrogens (tertiary/aromatic N) is 2. The van der Waals surface area contributed by atoms with Crippen molar-refractivity contribution in [3.63, 3.8) is 0 Å². The number of nitrogens with one attached hydrogen (secondary N) is 1. The highest BCUT2D eigenvalue weighted by Gasteiger charge is 2.11. The first-order valence-electron chi connectivity index (χ1n) is 6.40. The molecule has 0 radical (unpaired) electrons. The molecule has 0 atom stereocenters. The van der Waals surface area contributed by atoms with Crippen LogP contribution in [0.4, 0.5) is 5.69 Å². The predicted molar refractivity (Wildman–Crippen MR) is 78.3 cm³/mol. The number of ether oxygens (including phenoxy) is 1. The van der Waals surface area contributed by atoms with Crippen molar-refractivity contribution in [3.8, 4) is 0 Å². The molecule has 1 aromatic carbocycles. The molecule has 0 amide bonds. The summed E-state index contributed by atoms with van der Waals surface area (Å²) in [7, 11) is 0. The monoisotopic (exact) mass is 271 g/mol. The molecule has 0 aliphatic carbocycles. The van der Waals surface area contributed by atoms with Crippen LogP contribution < -0.4 is 5.32 Å². The number of aromatic nitrogens is 2. The van der Waals surface area contributed by atoms with E-state index in [2.05, 4.69) is 17.0 Å². The van der Waals surface area contributed by atoms with Crippen molar-refractivity contribution in [2.45, 2.75) is 13.5 Å². The lowest BCUT2D eigenvalue weighted by molar-refractivity contribution is 0.0527. The fourth-order valence-corrected chi connectivity index (χ4v) is 1.79. The van der Waals surface area contributed by atoms with E-state index in [0.29, 0.717) is 18.7 Å². The summed E-state index contributed by atoms with van der Waals surface area (Å²) in [5.74, 6) is -0.322. The van der Waals surface area contributed by atoms with E-state index in [4.69, 9.17) is 4.74 Å². The van der Waals surface area contributed by atoms with Crippen LogP contribution in [0, 0.1) is 0 Å². The Morgan fingerprint density at radius 3 is 3.00 bits per heavy atom. The van der Waals surface area contributed by atoms with Crippen molar-refractivity contribution in [2.24, 2.45) is 0 Å². The van der Waals surface area contributed by atoms with Crippen molar-refractivity contribution in [2.75, 3.05) is 11.9 Å². The molecule has 104 valence electrons. The predicted octanol–water partition coefficient (Wildman–Crippen LogP) is 2.77. The van der Waals surface area contributed by atoms with E-state index >= 15 is 0 Å². The zero-order valence-electron chi connectivity index (χ0n) is 11.4. The molecule has 0 spiro atoms. The number of hydrogen-bond acceptors (Lipinski definition) is 4. The molecule has 5 heteroatoms. The lowest BCUT2D eigenvalue weighted by Gasteiger charge is -2.10. The van der Waals surface area contributed by atoms with Crippen LogP contribution in [-0.2, 0) is 11.3 Å². The maximum Gasteiger partial charge on any atom is 0.340 e. The van der Waals surface area contributed by atoms with Crippen LogP contribution in [0.25, 0.3) is 6.20 Å². The fourth-order valence-electron chi connectivity index (χ4n) is 1.79. The molecule has 1 aromatic heterocycles. The largest absolute Gasteiger partial charge is 0.462 e. The quantitative estimate of drug-likeness (QED) is 0.821. The first kappa shape index (κ1) is 13.9. The zero-order valence-corrected chi connectivity index (χ0v) is 11.4. The van der Waals surface area contributed by atoms with Gasteiger partial charge in [0.25, 0.3) is 0 Å². The number of esters is 1. The Morgan fingerprint density at radius 1 is 1.50 bits per heavy atom. The number of carbonyl (C=O) groups excluding carboxylic acids is 1. The lowest BCUT2D eigenvalue weighted by Crippen LogP contribution is -2.09. The molecular formula is C15H17N3O2. The Balaban J connectivity index is 2.09. The van der Waals surface area contributed by atoms with Gasteiger partial charge in [-0.3, -0.25) is 0 Å². The summed E-state index contributed by atoms with van der Waals surface area (Å²) >= 11 is 0. The van der Waals surface area contributed by atoms with E-state index in [0.717, 1.165) is 11.3 Å². The van der Waals surface area contributed by atoms with Gasteiger partial charge in [-0.2, -0.15) is 5.10 Å². The van der Waals surface area contributed by atoms with E-state index < -0.39 is 0 Å². The summed E-state index contributed by atoms with van der Waals surface area (Å²) in [6.45, 7) is 6.36. The van der Waals surface area contributed by atoms with Gasteiger partial charge in [-0.25, -0.2) is 9.48 Å². The van der Waals surface area contributed by atoms with E-state index in [1.54, 1.807) is 30.1 Å². The molecule has 0 fully saturated rings. The fraction of sp³-hybridized carbons (Fsp3) is 0.200. The number of anilines is 1. The van der Waals surface area contributed by atoms with Gasteiger partial charge in [0.2, 0.25) is 0 Å².